The third-order valence-corrected chi connectivity index (χ3v) is 7.28. The van der Waals surface area contributed by atoms with Crippen LogP contribution in [0.5, 0.6) is 0 Å². The average molecular weight is 664 g/mol. The summed E-state index contributed by atoms with van der Waals surface area (Å²) in [4.78, 5) is 27.7. The van der Waals surface area contributed by atoms with Crippen LogP contribution in [0.25, 0.3) is 64.9 Å². The molecule has 0 aliphatic rings. The Hall–Kier alpha value is -3.77. The maximum absolute atomic E-state index is 12.1. The molecule has 0 fully saturated rings. The van der Waals surface area contributed by atoms with E-state index in [4.69, 9.17) is 11.6 Å². The highest BCUT2D eigenvalue weighted by molar-refractivity contribution is 8.24. The first-order valence-corrected chi connectivity index (χ1v) is 17.7. The van der Waals surface area contributed by atoms with Crippen LogP contribution < -0.4 is 5.56 Å². The van der Waals surface area contributed by atoms with Crippen LogP contribution in [-0.4, -0.2) is 19.9 Å². The van der Waals surface area contributed by atoms with E-state index < -0.39 is 5.20 Å². The monoisotopic (exact) mass is 662 g/mol. The molecule has 0 saturated heterocycles. The van der Waals surface area contributed by atoms with Gasteiger partial charge in [0.2, 0.25) is 0 Å². The van der Waals surface area contributed by atoms with Crippen molar-refractivity contribution < 1.29 is 4.57 Å². The molecule has 0 bridgehead atoms. The van der Waals surface area contributed by atoms with Gasteiger partial charge in [-0.1, -0.05) is 109 Å². The first kappa shape index (κ1) is 29.3. The minimum Gasteiger partial charge on any atom is -0.313 e. The number of nitrogens with one attached hydrogen (secondary N) is 1. The van der Waals surface area contributed by atoms with Crippen molar-refractivity contribution in [2.24, 2.45) is 0 Å². The van der Waals surface area contributed by atoms with Gasteiger partial charge in [0, 0.05) is 16.2 Å². The van der Waals surface area contributed by atoms with Gasteiger partial charge in [-0.3, -0.25) is 9.36 Å². The van der Waals surface area contributed by atoms with Crippen molar-refractivity contribution in [3.8, 4) is 0 Å². The van der Waals surface area contributed by atoms with E-state index >= 15 is 0 Å². The number of aromatic nitrogens is 4. The van der Waals surface area contributed by atoms with Crippen molar-refractivity contribution in [3.05, 3.63) is 125 Å². The third kappa shape index (κ3) is 5.90. The standard InChI is InChI=1S/C16H9ClN2.C16H10N2O.Cl3OP/c17-16-14-12-7-3-1-5-10(12)11-6-2-4-8-13(11)15(14)18-9-19-16;19-16-14-12-7-3-1-5-10(12)11-6-2-4-8-13(11)15(14)17-9-18-16;1-5(2,3)4/h1-9H;1-9H,(H,17,18,19);. The first-order chi connectivity index (χ1) is 20.7. The maximum atomic E-state index is 12.1. The van der Waals surface area contributed by atoms with Gasteiger partial charge in [-0.25, -0.2) is 15.0 Å². The highest BCUT2D eigenvalue weighted by Crippen LogP contribution is 2.61. The minimum atomic E-state index is -3.22. The van der Waals surface area contributed by atoms with E-state index in [-0.39, 0.29) is 5.56 Å². The minimum absolute atomic E-state index is 0.0908. The number of H-pyrrole nitrogens is 1. The lowest BCUT2D eigenvalue weighted by molar-refractivity contribution is 0.600. The number of hydrogen-bond acceptors (Lipinski definition) is 5. The van der Waals surface area contributed by atoms with Crippen LogP contribution in [-0.2, 0) is 4.57 Å². The molecule has 2 aromatic heterocycles. The van der Waals surface area contributed by atoms with Crippen LogP contribution in [0.3, 0.4) is 0 Å². The zero-order valence-corrected chi connectivity index (χ0v) is 25.9. The summed E-state index contributed by atoms with van der Waals surface area (Å²) in [6, 6.07) is 32.5. The van der Waals surface area contributed by atoms with Crippen LogP contribution in [0.15, 0.2) is 115 Å². The molecule has 0 aliphatic carbocycles. The second-order valence-corrected chi connectivity index (χ2v) is 16.4. The molecule has 0 atom stereocenters. The molecular formula is C32H19Cl4N4O2P. The lowest BCUT2D eigenvalue weighted by atomic mass is 9.98. The van der Waals surface area contributed by atoms with Crippen molar-refractivity contribution in [3.63, 3.8) is 0 Å². The van der Waals surface area contributed by atoms with E-state index in [1.54, 1.807) is 0 Å². The summed E-state index contributed by atoms with van der Waals surface area (Å²) >= 11 is 20.1. The Morgan fingerprint density at radius 3 is 1.40 bits per heavy atom. The third-order valence-electron chi connectivity index (χ3n) is 6.99. The molecule has 6 aromatic carbocycles. The summed E-state index contributed by atoms with van der Waals surface area (Å²) in [6.45, 7) is 0. The fourth-order valence-corrected chi connectivity index (χ4v) is 5.62. The number of halogens is 4. The quantitative estimate of drug-likeness (QED) is 0.0990. The zero-order valence-electron chi connectivity index (χ0n) is 22.0. The van der Waals surface area contributed by atoms with E-state index in [1.807, 2.05) is 66.7 Å². The first-order valence-electron chi connectivity index (χ1n) is 12.9. The van der Waals surface area contributed by atoms with E-state index in [2.05, 4.69) is 84.0 Å². The van der Waals surface area contributed by atoms with Crippen LogP contribution in [0.4, 0.5) is 0 Å². The maximum Gasteiger partial charge on any atom is 0.339 e. The van der Waals surface area contributed by atoms with Gasteiger partial charge in [0.15, 0.2) is 0 Å². The molecule has 1 N–H and O–H groups in total. The Labute approximate surface area is 264 Å². The molecule has 0 spiro atoms. The van der Waals surface area contributed by atoms with Gasteiger partial charge >= 0.3 is 5.20 Å². The van der Waals surface area contributed by atoms with Gasteiger partial charge in [0.1, 0.15) is 11.5 Å². The SMILES string of the molecule is Clc1ncnc2c3ccccc3c3ccccc3c12.O=P(Cl)(Cl)Cl.O=c1[nH]cnc2c3ccccc3c3ccccc3c12. The Kier molecular flexibility index (Phi) is 8.23. The molecule has 43 heavy (non-hydrogen) atoms. The Morgan fingerprint density at radius 2 is 0.907 bits per heavy atom. The van der Waals surface area contributed by atoms with E-state index in [1.165, 1.54) is 23.4 Å². The fourth-order valence-electron chi connectivity index (χ4n) is 5.38. The molecule has 6 nitrogen and oxygen atoms in total. The summed E-state index contributed by atoms with van der Waals surface area (Å²) in [5.74, 6) is 0. The van der Waals surface area contributed by atoms with Gasteiger partial charge in [-0.15, -0.1) is 0 Å². The van der Waals surface area contributed by atoms with Crippen LogP contribution in [0.1, 0.15) is 0 Å². The molecular weight excluding hydrogens is 645 g/mol. The second kappa shape index (κ2) is 12.1. The lowest BCUT2D eigenvalue weighted by Crippen LogP contribution is -2.07. The topological polar surface area (TPSA) is 88.6 Å². The summed E-state index contributed by atoms with van der Waals surface area (Å²) < 4.78 is 9.51. The molecule has 0 amide bonds. The second-order valence-electron chi connectivity index (χ2n) is 9.42. The van der Waals surface area contributed by atoms with Crippen molar-refractivity contribution in [2.45, 2.75) is 0 Å². The lowest BCUT2D eigenvalue weighted by Gasteiger charge is -2.09. The van der Waals surface area contributed by atoms with Crippen LogP contribution in [0, 0.1) is 0 Å². The predicted octanol–water partition coefficient (Wildman–Crippen LogP) is 10.6. The summed E-state index contributed by atoms with van der Waals surface area (Å²) in [5.41, 5.74) is 1.58. The number of benzene rings is 6. The Morgan fingerprint density at radius 1 is 0.535 bits per heavy atom. The van der Waals surface area contributed by atoms with Crippen LogP contribution >= 0.6 is 50.5 Å². The van der Waals surface area contributed by atoms with E-state index in [9.17, 15) is 9.36 Å². The molecule has 212 valence electrons. The summed E-state index contributed by atoms with van der Waals surface area (Å²) in [5, 5.41) is 7.65. The fraction of sp³-hybridized carbons (Fsp3) is 0. The number of aromatic amines is 1. The summed E-state index contributed by atoms with van der Waals surface area (Å²) in [6.07, 6.45) is 2.98. The van der Waals surface area contributed by atoms with Gasteiger partial charge in [0.05, 0.1) is 22.7 Å². The molecule has 8 aromatic rings. The predicted molar refractivity (Wildman–Crippen MR) is 182 cm³/mol. The molecule has 0 aliphatic heterocycles. The number of rotatable bonds is 0. The van der Waals surface area contributed by atoms with Crippen molar-refractivity contribution in [2.75, 3.05) is 0 Å². The smallest absolute Gasteiger partial charge is 0.313 e. The van der Waals surface area contributed by atoms with Crippen molar-refractivity contribution >= 4 is 115 Å². The highest BCUT2D eigenvalue weighted by Gasteiger charge is 2.12. The summed E-state index contributed by atoms with van der Waals surface area (Å²) in [7, 11) is 0. The van der Waals surface area contributed by atoms with Gasteiger partial charge in [0.25, 0.3) is 5.56 Å². The van der Waals surface area contributed by atoms with Gasteiger partial charge < -0.3 is 4.98 Å². The normalized spacial score (nSPS) is 11.4. The molecule has 11 heteroatoms. The Balaban J connectivity index is 0.000000133. The van der Waals surface area contributed by atoms with Crippen molar-refractivity contribution in [1.29, 1.82) is 0 Å². The molecule has 0 unspecified atom stereocenters. The average Bonchev–Trinajstić information content (AvgIpc) is 3.01. The van der Waals surface area contributed by atoms with E-state index in [0.717, 1.165) is 48.7 Å². The number of fused-ring (bicyclic) bond motifs is 12. The van der Waals surface area contributed by atoms with E-state index in [0.29, 0.717) is 10.5 Å². The molecule has 2 heterocycles. The number of nitrogens with zero attached hydrogens (tertiary/aromatic N) is 3. The highest BCUT2D eigenvalue weighted by atomic mass is 36.0. The molecule has 8 rings (SSSR count). The zero-order chi connectivity index (χ0) is 30.1. The van der Waals surface area contributed by atoms with Gasteiger partial charge in [-0.05, 0) is 66.0 Å². The molecule has 0 saturated carbocycles. The van der Waals surface area contributed by atoms with Crippen LogP contribution in [0.2, 0.25) is 5.15 Å². The van der Waals surface area contributed by atoms with Crippen molar-refractivity contribution in [1.82, 2.24) is 19.9 Å². The number of hydrogen-bond donors (Lipinski definition) is 1. The van der Waals surface area contributed by atoms with Gasteiger partial charge in [-0.2, -0.15) is 0 Å². The largest absolute Gasteiger partial charge is 0.339 e. The molecule has 0 radical (unpaired) electrons. The Bertz CT molecular complexity index is 2330.